The molecular weight excluding hydrogens is 614 g/mol. The molecule has 1 aromatic heterocycles. The van der Waals surface area contributed by atoms with Crippen molar-refractivity contribution in [2.45, 2.75) is 44.3 Å². The van der Waals surface area contributed by atoms with Gasteiger partial charge in [-0.2, -0.15) is 13.2 Å². The molecule has 3 aromatic carbocycles. The average molecular weight is 646 g/mol. The molecule has 4 aromatic rings. The van der Waals surface area contributed by atoms with Crippen LogP contribution in [-0.4, -0.2) is 51.8 Å². The highest BCUT2D eigenvalue weighted by atomic mass is 32.2. The first-order valence-electron chi connectivity index (χ1n) is 14.2. The molecule has 1 saturated carbocycles. The standard InChI is InChI=1S/C32H31F4N3O5S/c1-4-39(45(3,42)43)25-18-26-24(27(30(41)37-2)28(44-26)19-10-12-22(33)13-11-19)17-23(25)20-8-7-9-21(16-20)29(40)38-31(32(34,35)36)14-5-6-15-31/h7-13,16-18H,4-6,14-15H2,1-3H3,(H,37,41)(H,38,40). The predicted octanol–water partition coefficient (Wildman–Crippen LogP) is 6.66. The molecule has 1 aliphatic rings. The normalized spacial score (nSPS) is 14.8. The number of alkyl halides is 3. The van der Waals surface area contributed by atoms with Crippen molar-refractivity contribution in [1.29, 1.82) is 0 Å². The number of amides is 2. The van der Waals surface area contributed by atoms with Crippen LogP contribution < -0.4 is 14.9 Å². The number of nitrogens with one attached hydrogen (secondary N) is 2. The molecule has 13 heteroatoms. The molecule has 2 amide bonds. The van der Waals surface area contributed by atoms with Gasteiger partial charge in [0.1, 0.15) is 22.7 Å². The van der Waals surface area contributed by atoms with E-state index in [0.29, 0.717) is 29.4 Å². The summed E-state index contributed by atoms with van der Waals surface area (Å²) in [7, 11) is -2.42. The van der Waals surface area contributed by atoms with Gasteiger partial charge in [-0.15, -0.1) is 0 Å². The highest BCUT2D eigenvalue weighted by Gasteiger charge is 2.56. The fourth-order valence-corrected chi connectivity index (χ4v) is 6.86. The predicted molar refractivity (Wildman–Crippen MR) is 163 cm³/mol. The fourth-order valence-electron chi connectivity index (χ4n) is 5.88. The number of rotatable bonds is 8. The largest absolute Gasteiger partial charge is 0.455 e. The minimum absolute atomic E-state index is 0.0133. The molecule has 0 saturated heterocycles. The molecule has 0 aliphatic heterocycles. The van der Waals surface area contributed by atoms with Crippen LogP contribution in [0.15, 0.2) is 65.1 Å². The molecule has 1 aliphatic carbocycles. The van der Waals surface area contributed by atoms with Crippen molar-refractivity contribution in [2.75, 3.05) is 24.2 Å². The number of nitrogens with zero attached hydrogens (tertiary/aromatic N) is 1. The number of benzene rings is 3. The molecule has 8 nitrogen and oxygen atoms in total. The van der Waals surface area contributed by atoms with Crippen LogP contribution in [0.3, 0.4) is 0 Å². The first-order chi connectivity index (χ1) is 21.2. The lowest BCUT2D eigenvalue weighted by Crippen LogP contribution is -2.56. The van der Waals surface area contributed by atoms with Gasteiger partial charge in [0, 0.05) is 41.7 Å². The molecule has 1 heterocycles. The Morgan fingerprint density at radius 2 is 1.64 bits per heavy atom. The van der Waals surface area contributed by atoms with Gasteiger partial charge in [-0.3, -0.25) is 13.9 Å². The monoisotopic (exact) mass is 645 g/mol. The van der Waals surface area contributed by atoms with Crippen LogP contribution in [-0.2, 0) is 10.0 Å². The van der Waals surface area contributed by atoms with Crippen LogP contribution in [0.25, 0.3) is 33.4 Å². The van der Waals surface area contributed by atoms with Gasteiger partial charge < -0.3 is 15.1 Å². The second kappa shape index (κ2) is 11.8. The lowest BCUT2D eigenvalue weighted by molar-refractivity contribution is -0.191. The Labute approximate surface area is 257 Å². The van der Waals surface area contributed by atoms with Crippen LogP contribution in [0.1, 0.15) is 53.3 Å². The molecule has 0 unspecified atom stereocenters. The maximum Gasteiger partial charge on any atom is 0.411 e. The number of anilines is 1. The number of furan rings is 1. The van der Waals surface area contributed by atoms with Crippen LogP contribution in [0, 0.1) is 5.82 Å². The summed E-state index contributed by atoms with van der Waals surface area (Å²) in [5.74, 6) is -1.81. The summed E-state index contributed by atoms with van der Waals surface area (Å²) in [4.78, 5) is 26.4. The van der Waals surface area contributed by atoms with E-state index >= 15 is 0 Å². The SMILES string of the molecule is CCN(c1cc2oc(-c3ccc(F)cc3)c(C(=O)NC)c2cc1-c1cccc(C(=O)NC2(C(F)(F)F)CCCC2)c1)S(C)(=O)=O. The minimum Gasteiger partial charge on any atom is -0.455 e. The zero-order valence-electron chi connectivity index (χ0n) is 24.7. The fraction of sp³-hybridized carbons (Fsp3) is 0.312. The maximum atomic E-state index is 14.0. The van der Waals surface area contributed by atoms with E-state index in [1.807, 2.05) is 0 Å². The Morgan fingerprint density at radius 1 is 0.978 bits per heavy atom. The number of fused-ring (bicyclic) bond motifs is 1. The maximum absolute atomic E-state index is 14.0. The number of sulfonamides is 1. The van der Waals surface area contributed by atoms with E-state index in [1.165, 1.54) is 55.6 Å². The van der Waals surface area contributed by atoms with Gasteiger partial charge in [0.05, 0.1) is 17.5 Å². The number of hydrogen-bond acceptors (Lipinski definition) is 5. The van der Waals surface area contributed by atoms with E-state index < -0.39 is 39.4 Å². The van der Waals surface area contributed by atoms with Crippen LogP contribution in [0.5, 0.6) is 0 Å². The van der Waals surface area contributed by atoms with E-state index in [4.69, 9.17) is 4.42 Å². The van der Waals surface area contributed by atoms with E-state index in [1.54, 1.807) is 19.1 Å². The molecule has 2 N–H and O–H groups in total. The molecular formula is C32H31F4N3O5S. The van der Waals surface area contributed by atoms with Crippen molar-refractivity contribution in [1.82, 2.24) is 10.6 Å². The molecule has 0 radical (unpaired) electrons. The average Bonchev–Trinajstić information content (AvgIpc) is 3.62. The van der Waals surface area contributed by atoms with Crippen molar-refractivity contribution in [3.8, 4) is 22.5 Å². The summed E-state index contributed by atoms with van der Waals surface area (Å²) in [6.07, 6.45) is -3.39. The van der Waals surface area contributed by atoms with Gasteiger partial charge in [0.25, 0.3) is 11.8 Å². The highest BCUT2D eigenvalue weighted by molar-refractivity contribution is 7.92. The Bertz CT molecular complexity index is 1880. The lowest BCUT2D eigenvalue weighted by atomic mass is 9.95. The van der Waals surface area contributed by atoms with Gasteiger partial charge in [-0.1, -0.05) is 25.0 Å². The quantitative estimate of drug-likeness (QED) is 0.209. The van der Waals surface area contributed by atoms with Gasteiger partial charge in [-0.25, -0.2) is 12.8 Å². The minimum atomic E-state index is -4.63. The first kappa shape index (κ1) is 32.0. The lowest BCUT2D eigenvalue weighted by Gasteiger charge is -2.32. The summed E-state index contributed by atoms with van der Waals surface area (Å²) in [5.41, 5.74) is -0.941. The number of hydrogen-bond donors (Lipinski definition) is 2. The molecule has 1 fully saturated rings. The topological polar surface area (TPSA) is 109 Å². The summed E-state index contributed by atoms with van der Waals surface area (Å²) in [5, 5.41) is 5.08. The zero-order chi connectivity index (χ0) is 32.7. The van der Waals surface area contributed by atoms with Crippen LogP contribution in [0.4, 0.5) is 23.2 Å². The first-order valence-corrected chi connectivity index (χ1v) is 16.1. The van der Waals surface area contributed by atoms with E-state index in [9.17, 15) is 35.6 Å². The van der Waals surface area contributed by atoms with Crippen molar-refractivity contribution in [3.63, 3.8) is 0 Å². The smallest absolute Gasteiger partial charge is 0.411 e. The summed E-state index contributed by atoms with van der Waals surface area (Å²) in [6, 6.07) is 14.1. The summed E-state index contributed by atoms with van der Waals surface area (Å²) in [6.45, 7) is 1.64. The second-order valence-electron chi connectivity index (χ2n) is 11.0. The van der Waals surface area contributed by atoms with Crippen molar-refractivity contribution >= 4 is 38.5 Å². The van der Waals surface area contributed by atoms with Crippen LogP contribution >= 0.6 is 0 Å². The van der Waals surface area contributed by atoms with E-state index in [2.05, 4.69) is 10.6 Å². The number of carbonyl (C=O) groups is 2. The third kappa shape index (κ3) is 6.00. The molecule has 45 heavy (non-hydrogen) atoms. The molecule has 0 bridgehead atoms. The molecule has 238 valence electrons. The third-order valence-corrected chi connectivity index (χ3v) is 9.37. The Balaban J connectivity index is 1.71. The van der Waals surface area contributed by atoms with Gasteiger partial charge in [-0.05, 0) is 67.8 Å². The van der Waals surface area contributed by atoms with Crippen molar-refractivity contribution in [2.24, 2.45) is 0 Å². The molecule has 0 spiro atoms. The van der Waals surface area contributed by atoms with Crippen LogP contribution in [0.2, 0.25) is 0 Å². The van der Waals surface area contributed by atoms with Gasteiger partial charge in [0.2, 0.25) is 10.0 Å². The zero-order valence-corrected chi connectivity index (χ0v) is 25.5. The Morgan fingerprint density at radius 3 is 2.22 bits per heavy atom. The van der Waals surface area contributed by atoms with E-state index in [0.717, 1.165) is 10.6 Å². The second-order valence-corrected chi connectivity index (χ2v) is 12.9. The summed E-state index contributed by atoms with van der Waals surface area (Å²) < 4.78 is 88.7. The summed E-state index contributed by atoms with van der Waals surface area (Å²) >= 11 is 0. The number of halogens is 4. The van der Waals surface area contributed by atoms with Gasteiger partial charge in [0.15, 0.2) is 0 Å². The third-order valence-electron chi connectivity index (χ3n) is 8.11. The Kier molecular flexibility index (Phi) is 8.43. The molecule has 0 atom stereocenters. The van der Waals surface area contributed by atoms with Crippen molar-refractivity contribution < 1.29 is 40.0 Å². The van der Waals surface area contributed by atoms with E-state index in [-0.39, 0.29) is 53.1 Å². The number of carbonyl (C=O) groups excluding carboxylic acids is 2. The highest BCUT2D eigenvalue weighted by Crippen LogP contribution is 2.44. The Hall–Kier alpha value is -4.39. The molecule has 5 rings (SSSR count). The van der Waals surface area contributed by atoms with Crippen molar-refractivity contribution in [3.05, 3.63) is 77.6 Å². The van der Waals surface area contributed by atoms with Gasteiger partial charge >= 0.3 is 6.18 Å².